The Hall–Kier alpha value is -1.27. The lowest BCUT2D eigenvalue weighted by atomic mass is 10.1. The molecule has 0 aliphatic carbocycles. The van der Waals surface area contributed by atoms with E-state index in [-0.39, 0.29) is 12.1 Å². The number of nitrogens with one attached hydrogen (secondary N) is 1. The molecule has 6 heteroatoms. The molecule has 140 valence electrons. The average Bonchev–Trinajstić information content (AvgIpc) is 2.51. The van der Waals surface area contributed by atoms with E-state index < -0.39 is 5.60 Å². The van der Waals surface area contributed by atoms with E-state index in [1.165, 1.54) is 0 Å². The van der Waals surface area contributed by atoms with Crippen LogP contribution in [0.2, 0.25) is 0 Å². The van der Waals surface area contributed by atoms with Gasteiger partial charge in [0.15, 0.2) is 0 Å². The van der Waals surface area contributed by atoms with E-state index in [1.54, 1.807) is 0 Å². The number of amides is 1. The summed E-state index contributed by atoms with van der Waals surface area (Å²) in [5, 5.41) is 2.99. The lowest BCUT2D eigenvalue weighted by Crippen LogP contribution is -2.49. The quantitative estimate of drug-likeness (QED) is 0.710. The highest BCUT2D eigenvalue weighted by Crippen LogP contribution is 2.23. The van der Waals surface area contributed by atoms with Gasteiger partial charge in [-0.3, -0.25) is 0 Å². The molecule has 1 fully saturated rings. The molecule has 0 radical (unpaired) electrons. The van der Waals surface area contributed by atoms with E-state index in [0.29, 0.717) is 6.61 Å². The maximum Gasteiger partial charge on any atom is 0.407 e. The zero-order chi connectivity index (χ0) is 18.3. The Morgan fingerprint density at radius 3 is 2.84 bits per heavy atom. The lowest BCUT2D eigenvalue weighted by molar-refractivity contribution is 0.0471. The fraction of sp³-hybridized carbons (Fsp3) is 0.632. The van der Waals surface area contributed by atoms with E-state index >= 15 is 0 Å². The highest BCUT2D eigenvalue weighted by Gasteiger charge is 2.23. The van der Waals surface area contributed by atoms with Gasteiger partial charge in [0.25, 0.3) is 0 Å². The summed E-state index contributed by atoms with van der Waals surface area (Å²) in [6.45, 7) is 9.23. The number of alkyl carbamates (subject to hydrolysis) is 1. The van der Waals surface area contributed by atoms with Crippen molar-refractivity contribution in [2.24, 2.45) is 0 Å². The number of hydrogen-bond acceptors (Lipinski definition) is 4. The zero-order valence-corrected chi connectivity index (χ0v) is 17.0. The Bertz CT molecular complexity index is 560. The number of ether oxygens (including phenoxy) is 2. The molecule has 1 heterocycles. The van der Waals surface area contributed by atoms with Gasteiger partial charge in [0, 0.05) is 19.1 Å². The average molecular weight is 413 g/mol. The third kappa shape index (κ3) is 7.65. The molecule has 1 unspecified atom stereocenters. The molecule has 5 nitrogen and oxygen atoms in total. The summed E-state index contributed by atoms with van der Waals surface area (Å²) < 4.78 is 12.1. The normalized spacial score (nSPS) is 18.6. The minimum atomic E-state index is -0.457. The van der Waals surface area contributed by atoms with Crippen LogP contribution in [0.1, 0.15) is 40.0 Å². The third-order valence-electron chi connectivity index (χ3n) is 3.94. The number of carbonyl (C=O) groups is 1. The second-order valence-corrected chi connectivity index (χ2v) is 8.27. The number of nitrogens with zero attached hydrogens (tertiary/aromatic N) is 1. The fourth-order valence-corrected chi connectivity index (χ4v) is 3.28. The topological polar surface area (TPSA) is 50.8 Å². The molecular weight excluding hydrogens is 384 g/mol. The molecule has 1 amide bonds. The summed E-state index contributed by atoms with van der Waals surface area (Å²) in [4.78, 5) is 14.3. The monoisotopic (exact) mass is 412 g/mol. The number of piperidine rings is 1. The maximum absolute atomic E-state index is 11.9. The van der Waals surface area contributed by atoms with Crippen molar-refractivity contribution in [3.8, 4) is 5.75 Å². The van der Waals surface area contributed by atoms with Crippen LogP contribution in [-0.2, 0) is 4.74 Å². The van der Waals surface area contributed by atoms with E-state index in [9.17, 15) is 4.79 Å². The smallest absolute Gasteiger partial charge is 0.407 e. The van der Waals surface area contributed by atoms with Crippen LogP contribution in [0.4, 0.5) is 4.79 Å². The molecule has 1 aromatic carbocycles. The van der Waals surface area contributed by atoms with Crippen LogP contribution >= 0.6 is 15.9 Å². The lowest BCUT2D eigenvalue weighted by Gasteiger charge is -2.33. The Morgan fingerprint density at radius 1 is 1.36 bits per heavy atom. The minimum absolute atomic E-state index is 0.160. The molecule has 0 saturated carbocycles. The standard InChI is InChI=1S/C19H29BrN2O3/c1-19(2,3)25-18(23)21-15-8-6-11-22(14-15)12-7-13-24-17-10-5-4-9-16(17)20/h4-5,9-10,15H,6-8,11-14H2,1-3H3,(H,21,23). The number of carbonyl (C=O) groups excluding carboxylic acids is 1. The van der Waals surface area contributed by atoms with E-state index in [2.05, 4.69) is 26.1 Å². The molecule has 0 bridgehead atoms. The zero-order valence-electron chi connectivity index (χ0n) is 15.4. The van der Waals surface area contributed by atoms with Crippen molar-refractivity contribution in [2.45, 2.75) is 51.7 Å². The number of para-hydroxylation sites is 1. The van der Waals surface area contributed by atoms with Crippen molar-refractivity contribution < 1.29 is 14.3 Å². The van der Waals surface area contributed by atoms with Gasteiger partial charge in [0.1, 0.15) is 11.4 Å². The van der Waals surface area contributed by atoms with Crippen LogP contribution in [0.25, 0.3) is 0 Å². The largest absolute Gasteiger partial charge is 0.492 e. The van der Waals surface area contributed by atoms with Crippen molar-refractivity contribution in [3.05, 3.63) is 28.7 Å². The van der Waals surface area contributed by atoms with Crippen molar-refractivity contribution in [1.29, 1.82) is 0 Å². The molecule has 1 aliphatic heterocycles. The second kappa shape index (κ2) is 9.43. The van der Waals surface area contributed by atoms with Gasteiger partial charge in [-0.2, -0.15) is 0 Å². The maximum atomic E-state index is 11.9. The first-order valence-corrected chi connectivity index (χ1v) is 9.72. The molecule has 25 heavy (non-hydrogen) atoms. The van der Waals surface area contributed by atoms with Gasteiger partial charge in [-0.25, -0.2) is 4.79 Å². The fourth-order valence-electron chi connectivity index (χ4n) is 2.88. The first-order chi connectivity index (χ1) is 11.8. The second-order valence-electron chi connectivity index (χ2n) is 7.42. The first-order valence-electron chi connectivity index (χ1n) is 8.93. The molecule has 1 aliphatic rings. The van der Waals surface area contributed by atoms with Gasteiger partial charge in [-0.05, 0) is 74.6 Å². The molecule has 0 spiro atoms. The first kappa shape index (κ1) is 20.0. The number of hydrogen-bond donors (Lipinski definition) is 1. The van der Waals surface area contributed by atoms with Crippen LogP contribution in [0.15, 0.2) is 28.7 Å². The SMILES string of the molecule is CC(C)(C)OC(=O)NC1CCCN(CCCOc2ccccc2Br)C1. The third-order valence-corrected chi connectivity index (χ3v) is 4.59. The number of benzene rings is 1. The highest BCUT2D eigenvalue weighted by molar-refractivity contribution is 9.10. The predicted octanol–water partition coefficient (Wildman–Crippen LogP) is 4.21. The summed E-state index contributed by atoms with van der Waals surface area (Å²) in [7, 11) is 0. The number of halogens is 1. The molecule has 1 atom stereocenters. The summed E-state index contributed by atoms with van der Waals surface area (Å²) in [5.41, 5.74) is -0.457. The van der Waals surface area contributed by atoms with Crippen LogP contribution in [0.5, 0.6) is 5.75 Å². The summed E-state index contributed by atoms with van der Waals surface area (Å²) in [6, 6.07) is 8.05. The Morgan fingerprint density at radius 2 is 2.12 bits per heavy atom. The molecule has 1 aromatic rings. The minimum Gasteiger partial charge on any atom is -0.492 e. The van der Waals surface area contributed by atoms with E-state index in [1.807, 2.05) is 45.0 Å². The van der Waals surface area contributed by atoms with Crippen molar-refractivity contribution in [1.82, 2.24) is 10.2 Å². The Kier molecular flexibility index (Phi) is 7.56. The van der Waals surface area contributed by atoms with Gasteiger partial charge in [0.2, 0.25) is 0 Å². The van der Waals surface area contributed by atoms with E-state index in [4.69, 9.17) is 9.47 Å². The summed E-state index contributed by atoms with van der Waals surface area (Å²) >= 11 is 3.49. The van der Waals surface area contributed by atoms with Gasteiger partial charge >= 0.3 is 6.09 Å². The van der Waals surface area contributed by atoms with Crippen LogP contribution in [0.3, 0.4) is 0 Å². The van der Waals surface area contributed by atoms with E-state index in [0.717, 1.165) is 49.1 Å². The summed E-state index contributed by atoms with van der Waals surface area (Å²) in [6.07, 6.45) is 2.73. The molecular formula is C19H29BrN2O3. The van der Waals surface area contributed by atoms with Gasteiger partial charge < -0.3 is 19.7 Å². The van der Waals surface area contributed by atoms with Crippen LogP contribution in [-0.4, -0.2) is 48.9 Å². The highest BCUT2D eigenvalue weighted by atomic mass is 79.9. The van der Waals surface area contributed by atoms with Crippen molar-refractivity contribution in [2.75, 3.05) is 26.2 Å². The van der Waals surface area contributed by atoms with Gasteiger partial charge in [0.05, 0.1) is 11.1 Å². The molecule has 0 aromatic heterocycles. The number of likely N-dealkylation sites (tertiary alicyclic amines) is 1. The molecule has 1 saturated heterocycles. The predicted molar refractivity (Wildman–Crippen MR) is 103 cm³/mol. The van der Waals surface area contributed by atoms with Gasteiger partial charge in [-0.15, -0.1) is 0 Å². The molecule has 2 rings (SSSR count). The summed E-state index contributed by atoms with van der Waals surface area (Å²) in [5.74, 6) is 0.880. The van der Waals surface area contributed by atoms with Gasteiger partial charge in [-0.1, -0.05) is 12.1 Å². The number of rotatable bonds is 6. The Labute approximate surface area is 159 Å². The Balaban J connectivity index is 1.67. The van der Waals surface area contributed by atoms with Crippen LogP contribution < -0.4 is 10.1 Å². The van der Waals surface area contributed by atoms with Crippen molar-refractivity contribution in [3.63, 3.8) is 0 Å². The van der Waals surface area contributed by atoms with Crippen molar-refractivity contribution >= 4 is 22.0 Å². The molecule has 1 N–H and O–H groups in total. The van der Waals surface area contributed by atoms with Crippen LogP contribution in [0, 0.1) is 0 Å².